The van der Waals surface area contributed by atoms with E-state index in [1.807, 2.05) is 42.8 Å². The van der Waals surface area contributed by atoms with Crippen LogP contribution in [0.3, 0.4) is 0 Å². The monoisotopic (exact) mass is 524 g/mol. The van der Waals surface area contributed by atoms with Gasteiger partial charge in [0.2, 0.25) is 17.7 Å². The Hall–Kier alpha value is -2.24. The largest absolute Gasteiger partial charge is 0.480 e. The number of carbonyl (C=O) groups excluding carboxylic acids is 3. The van der Waals surface area contributed by atoms with E-state index in [0.29, 0.717) is 24.3 Å². The van der Waals surface area contributed by atoms with Gasteiger partial charge in [0.25, 0.3) is 0 Å². The van der Waals surface area contributed by atoms with Gasteiger partial charge in [-0.2, -0.15) is 23.5 Å². The molecule has 4 unspecified atom stereocenters. The van der Waals surface area contributed by atoms with E-state index in [9.17, 15) is 24.3 Å². The molecule has 1 aromatic rings. The number of aliphatic carboxylic acids is 1. The van der Waals surface area contributed by atoms with E-state index < -0.39 is 35.9 Å². The predicted molar refractivity (Wildman–Crippen MR) is 141 cm³/mol. The van der Waals surface area contributed by atoms with Crippen molar-refractivity contribution in [2.24, 2.45) is 0 Å². The van der Waals surface area contributed by atoms with Crippen molar-refractivity contribution in [3.63, 3.8) is 0 Å². The van der Waals surface area contributed by atoms with Crippen LogP contribution >= 0.6 is 23.5 Å². The van der Waals surface area contributed by atoms with Gasteiger partial charge in [-0.05, 0) is 61.8 Å². The molecule has 1 aromatic carbocycles. The van der Waals surface area contributed by atoms with Crippen LogP contribution in [-0.4, -0.2) is 83.5 Å². The lowest BCUT2D eigenvalue weighted by atomic mass is 10.0. The topological polar surface area (TPSA) is 137 Å². The Labute approximate surface area is 215 Å². The Morgan fingerprint density at radius 3 is 2.11 bits per heavy atom. The van der Waals surface area contributed by atoms with Gasteiger partial charge in [0.15, 0.2) is 0 Å². The summed E-state index contributed by atoms with van der Waals surface area (Å²) in [5, 5.41) is 20.8. The van der Waals surface area contributed by atoms with Gasteiger partial charge in [-0.25, -0.2) is 4.79 Å². The number of amides is 3. The Morgan fingerprint density at radius 2 is 1.54 bits per heavy atom. The summed E-state index contributed by atoms with van der Waals surface area (Å²) in [6, 6.07) is 6.19. The molecule has 35 heavy (non-hydrogen) atoms. The van der Waals surface area contributed by atoms with Crippen LogP contribution in [0, 0.1) is 0 Å². The van der Waals surface area contributed by atoms with Crippen molar-refractivity contribution in [2.75, 3.05) is 30.6 Å². The highest BCUT2D eigenvalue weighted by Crippen LogP contribution is 2.10. The number of benzene rings is 1. The van der Waals surface area contributed by atoms with E-state index >= 15 is 0 Å². The molecule has 4 atom stereocenters. The number of hydrogen-bond acceptors (Lipinski definition) is 7. The summed E-state index contributed by atoms with van der Waals surface area (Å²) in [5.41, 5.74) is 0.875. The number of rotatable bonds is 15. The molecule has 2 rings (SSSR count). The van der Waals surface area contributed by atoms with Gasteiger partial charge in [-0.1, -0.05) is 30.3 Å². The highest BCUT2D eigenvalue weighted by molar-refractivity contribution is 7.98. The number of carboxylic acid groups (broad SMARTS) is 1. The predicted octanol–water partition coefficient (Wildman–Crippen LogP) is 1.03. The molecule has 3 amide bonds. The molecular weight excluding hydrogens is 488 g/mol. The first-order chi connectivity index (χ1) is 16.8. The van der Waals surface area contributed by atoms with E-state index in [1.165, 1.54) is 23.5 Å². The van der Waals surface area contributed by atoms with Crippen LogP contribution in [0.1, 0.15) is 31.2 Å². The molecule has 0 bridgehead atoms. The molecule has 1 saturated heterocycles. The minimum absolute atomic E-state index is 0.244. The van der Waals surface area contributed by atoms with E-state index in [1.54, 1.807) is 0 Å². The second-order valence-electron chi connectivity index (χ2n) is 8.42. The van der Waals surface area contributed by atoms with E-state index in [4.69, 9.17) is 0 Å². The quantitative estimate of drug-likeness (QED) is 0.229. The van der Waals surface area contributed by atoms with Crippen LogP contribution in [0.5, 0.6) is 0 Å². The molecule has 9 nitrogen and oxygen atoms in total. The third-order valence-corrected chi connectivity index (χ3v) is 7.05. The van der Waals surface area contributed by atoms with Crippen LogP contribution in [-0.2, 0) is 25.6 Å². The normalized spacial score (nSPS) is 17.7. The standard InChI is InChI=1S/C24H36N4O5S2/c1-34-13-10-18(22(30)27-19(24(32)33)11-14-35-2)26-23(31)20(15-16-7-4-3-5-8-16)28-21(29)17-9-6-12-25-17/h3-5,7-8,17-20,25H,6,9-15H2,1-2H3,(H,26,31)(H,27,30)(H,28,29)(H,32,33). The molecular formula is C24H36N4O5S2. The van der Waals surface area contributed by atoms with Crippen molar-refractivity contribution < 1.29 is 24.3 Å². The van der Waals surface area contributed by atoms with Crippen molar-refractivity contribution in [3.05, 3.63) is 35.9 Å². The number of carbonyl (C=O) groups is 4. The lowest BCUT2D eigenvalue weighted by molar-refractivity contribution is -0.142. The maximum Gasteiger partial charge on any atom is 0.326 e. The van der Waals surface area contributed by atoms with Crippen molar-refractivity contribution in [1.29, 1.82) is 0 Å². The maximum absolute atomic E-state index is 13.3. The van der Waals surface area contributed by atoms with Crippen LogP contribution in [0.4, 0.5) is 0 Å². The molecule has 1 fully saturated rings. The first kappa shape index (κ1) is 29.0. The fourth-order valence-electron chi connectivity index (χ4n) is 3.78. The van der Waals surface area contributed by atoms with Crippen LogP contribution in [0.15, 0.2) is 30.3 Å². The van der Waals surface area contributed by atoms with E-state index in [2.05, 4.69) is 21.3 Å². The first-order valence-electron chi connectivity index (χ1n) is 11.7. The van der Waals surface area contributed by atoms with Crippen molar-refractivity contribution in [3.8, 4) is 0 Å². The van der Waals surface area contributed by atoms with Gasteiger partial charge >= 0.3 is 5.97 Å². The molecule has 0 saturated carbocycles. The summed E-state index contributed by atoms with van der Waals surface area (Å²) in [5.74, 6) is -1.19. The van der Waals surface area contributed by atoms with Gasteiger partial charge in [-0.15, -0.1) is 0 Å². The van der Waals surface area contributed by atoms with Gasteiger partial charge in [0.05, 0.1) is 6.04 Å². The Kier molecular flexibility index (Phi) is 13.0. The van der Waals surface area contributed by atoms with Crippen molar-refractivity contribution in [1.82, 2.24) is 21.3 Å². The third kappa shape index (κ3) is 10.1. The molecule has 0 aliphatic carbocycles. The van der Waals surface area contributed by atoms with E-state index in [-0.39, 0.29) is 24.8 Å². The fourth-order valence-corrected chi connectivity index (χ4v) is 4.72. The summed E-state index contributed by atoms with van der Waals surface area (Å²) in [4.78, 5) is 50.6. The number of carboxylic acids is 1. The lowest BCUT2D eigenvalue weighted by Crippen LogP contribution is -2.57. The molecule has 0 spiro atoms. The zero-order chi connectivity index (χ0) is 25.6. The highest BCUT2D eigenvalue weighted by Gasteiger charge is 2.31. The van der Waals surface area contributed by atoms with Crippen LogP contribution in [0.25, 0.3) is 0 Å². The highest BCUT2D eigenvalue weighted by atomic mass is 32.2. The summed E-state index contributed by atoms with van der Waals surface area (Å²) >= 11 is 3.02. The Bertz CT molecular complexity index is 836. The van der Waals surface area contributed by atoms with Gasteiger partial charge in [-0.3, -0.25) is 14.4 Å². The van der Waals surface area contributed by atoms with Crippen molar-refractivity contribution >= 4 is 47.2 Å². The molecule has 1 aliphatic heterocycles. The second-order valence-corrected chi connectivity index (χ2v) is 10.4. The van der Waals surface area contributed by atoms with Gasteiger partial charge in [0.1, 0.15) is 18.1 Å². The van der Waals surface area contributed by atoms with Crippen LogP contribution in [0.2, 0.25) is 0 Å². The summed E-state index contributed by atoms with van der Waals surface area (Å²) < 4.78 is 0. The zero-order valence-corrected chi connectivity index (χ0v) is 21.9. The summed E-state index contributed by atoms with van der Waals surface area (Å²) in [6.07, 6.45) is 6.25. The Balaban J connectivity index is 2.14. The minimum atomic E-state index is -1.11. The number of hydrogen-bond donors (Lipinski definition) is 5. The maximum atomic E-state index is 13.3. The molecule has 5 N–H and O–H groups in total. The van der Waals surface area contributed by atoms with Gasteiger partial charge in [0, 0.05) is 6.42 Å². The molecule has 0 radical (unpaired) electrons. The number of nitrogens with one attached hydrogen (secondary N) is 4. The van der Waals surface area contributed by atoms with Gasteiger partial charge < -0.3 is 26.4 Å². The summed E-state index contributed by atoms with van der Waals surface area (Å²) in [7, 11) is 0. The van der Waals surface area contributed by atoms with E-state index in [0.717, 1.165) is 18.5 Å². The molecule has 1 heterocycles. The smallest absolute Gasteiger partial charge is 0.326 e. The molecule has 11 heteroatoms. The first-order valence-corrected chi connectivity index (χ1v) is 14.5. The SMILES string of the molecule is CSCCC(NC(=O)C(CCSC)NC(=O)C(Cc1ccccc1)NC(=O)C1CCCN1)C(=O)O. The minimum Gasteiger partial charge on any atom is -0.480 e. The van der Waals surface area contributed by atoms with Crippen molar-refractivity contribution in [2.45, 2.75) is 56.3 Å². The average molecular weight is 525 g/mol. The average Bonchev–Trinajstić information content (AvgIpc) is 3.39. The van der Waals surface area contributed by atoms with Crippen LogP contribution < -0.4 is 21.3 Å². The fraction of sp³-hybridized carbons (Fsp3) is 0.583. The second kappa shape index (κ2) is 15.7. The molecule has 0 aromatic heterocycles. The molecule has 194 valence electrons. The summed E-state index contributed by atoms with van der Waals surface area (Å²) in [6.45, 7) is 0.756. The third-order valence-electron chi connectivity index (χ3n) is 5.76. The zero-order valence-electron chi connectivity index (χ0n) is 20.2. The molecule has 1 aliphatic rings. The number of thioether (sulfide) groups is 2. The lowest BCUT2D eigenvalue weighted by Gasteiger charge is -2.25. The Morgan fingerprint density at radius 1 is 0.943 bits per heavy atom.